The maximum Gasteiger partial charge on any atom is 0.270 e. The second kappa shape index (κ2) is 5.08. The monoisotopic (exact) mass is 407 g/mol. The minimum absolute atomic E-state index is 0.188. The Bertz CT molecular complexity index is 570. The Morgan fingerprint density at radius 2 is 2.29 bits per heavy atom. The number of halogens is 2. The zero-order valence-electron chi connectivity index (χ0n) is 8.69. The van der Waals surface area contributed by atoms with Gasteiger partial charge in [-0.3, -0.25) is 10.1 Å². The van der Waals surface area contributed by atoms with Crippen LogP contribution in [0.25, 0.3) is 0 Å². The van der Waals surface area contributed by atoms with E-state index in [0.717, 1.165) is 8.04 Å². The molecular weight excluding hydrogens is 401 g/mol. The van der Waals surface area contributed by atoms with E-state index >= 15 is 0 Å². The van der Waals surface area contributed by atoms with Gasteiger partial charge in [-0.05, 0) is 46.0 Å². The van der Waals surface area contributed by atoms with E-state index < -0.39 is 0 Å². The maximum absolute atomic E-state index is 11.9. The van der Waals surface area contributed by atoms with Crippen LogP contribution in [0.1, 0.15) is 10.4 Å². The zero-order valence-corrected chi connectivity index (χ0v) is 12.4. The number of carbonyl (C=O) groups is 1. The van der Waals surface area contributed by atoms with Gasteiger partial charge < -0.3 is 0 Å². The van der Waals surface area contributed by atoms with Crippen LogP contribution in [0, 0.1) is 3.57 Å². The third-order valence-electron chi connectivity index (χ3n) is 1.91. The molecule has 6 nitrogen and oxygen atoms in total. The molecule has 0 atom stereocenters. The minimum Gasteiger partial charge on any atom is -0.288 e. The molecule has 0 aliphatic carbocycles. The largest absolute Gasteiger partial charge is 0.288 e. The van der Waals surface area contributed by atoms with Crippen LogP contribution in [0.3, 0.4) is 0 Å². The van der Waals surface area contributed by atoms with E-state index in [1.54, 1.807) is 13.1 Å². The quantitative estimate of drug-likeness (QED) is 0.771. The topological polar surface area (TPSA) is 72.7 Å². The van der Waals surface area contributed by atoms with Crippen LogP contribution >= 0.6 is 38.5 Å². The Labute approximate surface area is 119 Å². The first-order valence-corrected chi connectivity index (χ1v) is 6.44. The van der Waals surface area contributed by atoms with Crippen LogP contribution in [0.4, 0.5) is 5.95 Å². The first-order chi connectivity index (χ1) is 8.06. The third-order valence-corrected chi connectivity index (χ3v) is 3.34. The van der Waals surface area contributed by atoms with Gasteiger partial charge >= 0.3 is 0 Å². The van der Waals surface area contributed by atoms with E-state index in [1.165, 1.54) is 4.80 Å². The highest BCUT2D eigenvalue weighted by molar-refractivity contribution is 14.1. The van der Waals surface area contributed by atoms with Crippen LogP contribution in [-0.2, 0) is 7.05 Å². The van der Waals surface area contributed by atoms with E-state index in [0.29, 0.717) is 5.56 Å². The molecule has 0 bridgehead atoms. The summed E-state index contributed by atoms with van der Waals surface area (Å²) in [6.07, 6.45) is 0. The molecule has 88 valence electrons. The smallest absolute Gasteiger partial charge is 0.270 e. The highest BCUT2D eigenvalue weighted by Crippen LogP contribution is 2.19. The Morgan fingerprint density at radius 3 is 2.94 bits per heavy atom. The fourth-order valence-corrected chi connectivity index (χ4v) is 2.12. The number of aromatic nitrogens is 4. The van der Waals surface area contributed by atoms with E-state index in [9.17, 15) is 4.79 Å². The molecule has 8 heteroatoms. The zero-order chi connectivity index (χ0) is 12.4. The van der Waals surface area contributed by atoms with Gasteiger partial charge in [-0.2, -0.15) is 4.80 Å². The van der Waals surface area contributed by atoms with Gasteiger partial charge in [0.2, 0.25) is 0 Å². The molecule has 1 N–H and O–H groups in total. The third kappa shape index (κ3) is 3.00. The van der Waals surface area contributed by atoms with E-state index in [2.05, 4.69) is 59.2 Å². The number of nitrogens with zero attached hydrogens (tertiary/aromatic N) is 4. The Balaban J connectivity index is 2.22. The number of amides is 1. The van der Waals surface area contributed by atoms with Crippen molar-refractivity contribution in [1.82, 2.24) is 20.2 Å². The molecule has 0 radical (unpaired) electrons. The van der Waals surface area contributed by atoms with Gasteiger partial charge in [0.25, 0.3) is 11.9 Å². The fraction of sp³-hybridized carbons (Fsp3) is 0.111. The van der Waals surface area contributed by atoms with Crippen molar-refractivity contribution in [3.05, 3.63) is 31.8 Å². The molecule has 2 aromatic rings. The lowest BCUT2D eigenvalue weighted by Crippen LogP contribution is -2.14. The number of rotatable bonds is 2. The average Bonchev–Trinajstić information content (AvgIpc) is 2.67. The van der Waals surface area contributed by atoms with Crippen molar-refractivity contribution >= 4 is 50.4 Å². The molecule has 1 amide bonds. The number of anilines is 1. The minimum atomic E-state index is -0.260. The summed E-state index contributed by atoms with van der Waals surface area (Å²) in [5.74, 6) is -0.0722. The van der Waals surface area contributed by atoms with Crippen molar-refractivity contribution in [1.29, 1.82) is 0 Å². The molecule has 0 aliphatic rings. The Kier molecular flexibility index (Phi) is 3.72. The molecule has 1 heterocycles. The molecule has 2 rings (SSSR count). The highest BCUT2D eigenvalue weighted by Gasteiger charge is 2.12. The molecule has 0 spiro atoms. The Morgan fingerprint density at radius 1 is 1.53 bits per heavy atom. The summed E-state index contributed by atoms with van der Waals surface area (Å²) in [5.41, 5.74) is 0.562. The second-order valence-corrected chi connectivity index (χ2v) is 5.26. The molecular formula is C9H7BrIN5O. The summed E-state index contributed by atoms with van der Waals surface area (Å²) in [7, 11) is 1.63. The lowest BCUT2D eigenvalue weighted by atomic mass is 10.2. The number of benzene rings is 1. The molecule has 1 aromatic heterocycles. The Hall–Kier alpha value is -1.03. The van der Waals surface area contributed by atoms with Crippen LogP contribution < -0.4 is 5.32 Å². The second-order valence-electron chi connectivity index (χ2n) is 3.18. The molecule has 0 saturated carbocycles. The van der Waals surface area contributed by atoms with Gasteiger partial charge in [-0.1, -0.05) is 21.0 Å². The molecule has 1 aromatic carbocycles. The van der Waals surface area contributed by atoms with E-state index in [-0.39, 0.29) is 11.9 Å². The van der Waals surface area contributed by atoms with Gasteiger partial charge in [-0.25, -0.2) is 0 Å². The summed E-state index contributed by atoms with van der Waals surface area (Å²) in [5, 5.41) is 13.8. The van der Waals surface area contributed by atoms with Crippen molar-refractivity contribution in [2.24, 2.45) is 7.05 Å². The number of hydrogen-bond acceptors (Lipinski definition) is 4. The molecule has 17 heavy (non-hydrogen) atoms. The molecule has 0 aliphatic heterocycles. The summed E-state index contributed by atoms with van der Waals surface area (Å²) in [4.78, 5) is 13.2. The molecule has 0 fully saturated rings. The van der Waals surface area contributed by atoms with Crippen molar-refractivity contribution in [3.8, 4) is 0 Å². The maximum atomic E-state index is 11.9. The van der Waals surface area contributed by atoms with Crippen molar-refractivity contribution in [3.63, 3.8) is 0 Å². The standard InChI is InChI=1S/C9H7BrIN5O/c1-16-14-9(13-15-16)12-8(17)6-4-5(10)2-3-7(6)11/h2-4H,1H3,(H,12,14,17). The van der Waals surface area contributed by atoms with Crippen molar-refractivity contribution in [2.75, 3.05) is 5.32 Å². The predicted molar refractivity (Wildman–Crippen MR) is 73.6 cm³/mol. The molecule has 0 saturated heterocycles. The van der Waals surface area contributed by atoms with E-state index in [4.69, 9.17) is 0 Å². The van der Waals surface area contributed by atoms with Crippen LogP contribution in [-0.4, -0.2) is 26.1 Å². The summed E-state index contributed by atoms with van der Waals surface area (Å²) in [6.45, 7) is 0. The average molecular weight is 408 g/mol. The van der Waals surface area contributed by atoms with E-state index in [1.807, 2.05) is 12.1 Å². The van der Waals surface area contributed by atoms with Crippen molar-refractivity contribution in [2.45, 2.75) is 0 Å². The number of hydrogen-bond donors (Lipinski definition) is 1. The van der Waals surface area contributed by atoms with Gasteiger partial charge in [0.1, 0.15) is 0 Å². The predicted octanol–water partition coefficient (Wildman–Crippen LogP) is 1.83. The van der Waals surface area contributed by atoms with Crippen molar-refractivity contribution < 1.29 is 4.79 Å². The summed E-state index contributed by atoms with van der Waals surface area (Å²) < 4.78 is 1.70. The van der Waals surface area contributed by atoms with Crippen LogP contribution in [0.2, 0.25) is 0 Å². The fourth-order valence-electron chi connectivity index (χ4n) is 1.17. The SMILES string of the molecule is Cn1nnc(NC(=O)c2cc(Br)ccc2I)n1. The number of carbonyl (C=O) groups excluding carboxylic acids is 1. The van der Waals surface area contributed by atoms with Crippen LogP contribution in [0.5, 0.6) is 0 Å². The molecule has 0 unspecified atom stereocenters. The normalized spacial score (nSPS) is 10.3. The summed E-state index contributed by atoms with van der Waals surface area (Å²) >= 11 is 5.42. The lowest BCUT2D eigenvalue weighted by Gasteiger charge is -2.03. The van der Waals surface area contributed by atoms with Gasteiger partial charge in [0.05, 0.1) is 12.6 Å². The lowest BCUT2D eigenvalue weighted by molar-refractivity contribution is 0.102. The summed E-state index contributed by atoms with van der Waals surface area (Å²) in [6, 6.07) is 5.47. The number of aryl methyl sites for hydroxylation is 1. The van der Waals surface area contributed by atoms with Crippen LogP contribution in [0.15, 0.2) is 22.7 Å². The van der Waals surface area contributed by atoms with Gasteiger partial charge in [0, 0.05) is 8.04 Å². The van der Waals surface area contributed by atoms with Gasteiger partial charge in [0.15, 0.2) is 0 Å². The first kappa shape index (κ1) is 12.4. The first-order valence-electron chi connectivity index (χ1n) is 4.56. The number of nitrogens with one attached hydrogen (secondary N) is 1. The highest BCUT2D eigenvalue weighted by atomic mass is 127. The number of tetrazole rings is 1. The van der Waals surface area contributed by atoms with Gasteiger partial charge in [-0.15, -0.1) is 5.10 Å².